The fraction of sp³-hybridized carbons (Fsp3) is 0.364. The Morgan fingerprint density at radius 2 is 2.07 bits per heavy atom. The second-order valence-corrected chi connectivity index (χ2v) is 2.86. The van der Waals surface area contributed by atoms with Crippen LogP contribution in [0.2, 0.25) is 0 Å². The Balaban J connectivity index is 2.57. The maximum atomic E-state index is 11.5. The van der Waals surface area contributed by atoms with Crippen LogP contribution in [0.5, 0.6) is 5.75 Å². The summed E-state index contributed by atoms with van der Waals surface area (Å²) >= 11 is 0. The third-order valence-electron chi connectivity index (χ3n) is 1.83. The predicted molar refractivity (Wildman–Crippen MR) is 55.2 cm³/mol. The zero-order chi connectivity index (χ0) is 11.1. The summed E-state index contributed by atoms with van der Waals surface area (Å²) in [5.74, 6) is 0.266. The molecule has 0 saturated heterocycles. The molecule has 0 atom stereocenters. The van der Waals surface area contributed by atoms with Gasteiger partial charge in [-0.2, -0.15) is 0 Å². The summed E-state index contributed by atoms with van der Waals surface area (Å²) in [5, 5.41) is 0. The van der Waals surface area contributed by atoms with Gasteiger partial charge in [-0.3, -0.25) is 0 Å². The zero-order valence-electron chi connectivity index (χ0n) is 8.86. The summed E-state index contributed by atoms with van der Waals surface area (Å²) in [7, 11) is 3.11. The first kappa shape index (κ1) is 11.5. The molecule has 0 amide bonds. The van der Waals surface area contributed by atoms with Crippen LogP contribution in [0.3, 0.4) is 0 Å². The summed E-state index contributed by atoms with van der Waals surface area (Å²) in [6.45, 7) is 0.655. The van der Waals surface area contributed by atoms with Gasteiger partial charge in [0.15, 0.2) is 0 Å². The number of carbonyl (C=O) groups is 1. The first-order chi connectivity index (χ1) is 7.27. The first-order valence-corrected chi connectivity index (χ1v) is 4.58. The van der Waals surface area contributed by atoms with E-state index in [1.807, 2.05) is 0 Å². The minimum Gasteiger partial charge on any atom is -0.497 e. The van der Waals surface area contributed by atoms with Gasteiger partial charge in [-0.1, -0.05) is 6.07 Å². The van der Waals surface area contributed by atoms with Crippen LogP contribution in [0.4, 0.5) is 0 Å². The number of carbonyl (C=O) groups excluding carboxylic acids is 1. The molecule has 4 nitrogen and oxygen atoms in total. The van der Waals surface area contributed by atoms with Gasteiger partial charge in [0, 0.05) is 7.11 Å². The number of benzene rings is 1. The molecule has 15 heavy (non-hydrogen) atoms. The highest BCUT2D eigenvalue weighted by Crippen LogP contribution is 2.13. The van der Waals surface area contributed by atoms with Crippen molar-refractivity contribution in [2.24, 2.45) is 0 Å². The molecule has 0 spiro atoms. The van der Waals surface area contributed by atoms with Gasteiger partial charge in [-0.25, -0.2) is 4.79 Å². The van der Waals surface area contributed by atoms with Gasteiger partial charge in [-0.05, 0) is 18.2 Å². The van der Waals surface area contributed by atoms with Crippen molar-refractivity contribution in [3.8, 4) is 5.75 Å². The van der Waals surface area contributed by atoms with Crippen LogP contribution in [0.15, 0.2) is 24.3 Å². The molecule has 0 aliphatic heterocycles. The standard InChI is InChI=1S/C11H14O4/c1-13-6-7-15-11(12)9-4-3-5-10(8-9)14-2/h3-5,8H,6-7H2,1-2H3. The number of hydrogen-bond acceptors (Lipinski definition) is 4. The van der Waals surface area contributed by atoms with Crippen LogP contribution in [-0.2, 0) is 9.47 Å². The summed E-state index contributed by atoms with van der Waals surface area (Å²) in [6.07, 6.45) is 0. The van der Waals surface area contributed by atoms with Crippen LogP contribution in [0.25, 0.3) is 0 Å². The highest BCUT2D eigenvalue weighted by molar-refractivity contribution is 5.89. The van der Waals surface area contributed by atoms with Crippen molar-refractivity contribution in [1.82, 2.24) is 0 Å². The average molecular weight is 210 g/mol. The Labute approximate surface area is 88.8 Å². The molecular formula is C11H14O4. The van der Waals surface area contributed by atoms with E-state index in [1.165, 1.54) is 0 Å². The minimum absolute atomic E-state index is 0.256. The molecule has 0 N–H and O–H groups in total. The number of hydrogen-bond donors (Lipinski definition) is 0. The van der Waals surface area contributed by atoms with Crippen molar-refractivity contribution in [3.63, 3.8) is 0 Å². The largest absolute Gasteiger partial charge is 0.497 e. The van der Waals surface area contributed by atoms with Gasteiger partial charge in [0.25, 0.3) is 0 Å². The number of ether oxygens (including phenoxy) is 3. The predicted octanol–water partition coefficient (Wildman–Crippen LogP) is 1.50. The fourth-order valence-electron chi connectivity index (χ4n) is 1.05. The molecule has 0 unspecified atom stereocenters. The number of methoxy groups -OCH3 is 2. The van der Waals surface area contributed by atoms with Crippen molar-refractivity contribution in [2.75, 3.05) is 27.4 Å². The molecule has 0 fully saturated rings. The Morgan fingerprint density at radius 1 is 1.27 bits per heavy atom. The fourth-order valence-corrected chi connectivity index (χ4v) is 1.05. The third-order valence-corrected chi connectivity index (χ3v) is 1.83. The van der Waals surface area contributed by atoms with E-state index in [1.54, 1.807) is 38.5 Å². The van der Waals surface area contributed by atoms with Crippen LogP contribution in [-0.4, -0.2) is 33.4 Å². The van der Waals surface area contributed by atoms with Crippen LogP contribution >= 0.6 is 0 Å². The maximum absolute atomic E-state index is 11.5. The molecular weight excluding hydrogens is 196 g/mol. The van der Waals surface area contributed by atoms with Crippen molar-refractivity contribution in [1.29, 1.82) is 0 Å². The molecule has 4 heteroatoms. The van der Waals surface area contributed by atoms with E-state index in [4.69, 9.17) is 14.2 Å². The Bertz CT molecular complexity index is 322. The van der Waals surface area contributed by atoms with Crippen molar-refractivity contribution in [3.05, 3.63) is 29.8 Å². The van der Waals surface area contributed by atoms with Gasteiger partial charge in [0.2, 0.25) is 0 Å². The molecule has 0 saturated carbocycles. The van der Waals surface area contributed by atoms with E-state index in [9.17, 15) is 4.79 Å². The lowest BCUT2D eigenvalue weighted by Gasteiger charge is -2.05. The molecule has 1 aromatic rings. The number of esters is 1. The molecule has 0 radical (unpaired) electrons. The molecule has 82 valence electrons. The van der Waals surface area contributed by atoms with E-state index >= 15 is 0 Å². The highest BCUT2D eigenvalue weighted by Gasteiger charge is 2.07. The molecule has 0 aliphatic carbocycles. The Hall–Kier alpha value is -1.55. The van der Waals surface area contributed by atoms with Crippen molar-refractivity contribution >= 4 is 5.97 Å². The summed E-state index contributed by atoms with van der Waals surface area (Å²) in [5.41, 5.74) is 0.477. The Morgan fingerprint density at radius 3 is 2.73 bits per heavy atom. The van der Waals surface area contributed by atoms with Crippen LogP contribution < -0.4 is 4.74 Å². The van der Waals surface area contributed by atoms with Crippen molar-refractivity contribution < 1.29 is 19.0 Å². The van der Waals surface area contributed by atoms with E-state index < -0.39 is 0 Å². The molecule has 0 aliphatic rings. The lowest BCUT2D eigenvalue weighted by molar-refractivity contribution is 0.0388. The second kappa shape index (κ2) is 6.03. The molecule has 1 aromatic carbocycles. The van der Waals surface area contributed by atoms with Crippen molar-refractivity contribution in [2.45, 2.75) is 0 Å². The summed E-state index contributed by atoms with van der Waals surface area (Å²) < 4.78 is 14.7. The quantitative estimate of drug-likeness (QED) is 0.545. The van der Waals surface area contributed by atoms with Gasteiger partial charge < -0.3 is 14.2 Å². The zero-order valence-corrected chi connectivity index (χ0v) is 8.86. The molecule has 0 heterocycles. The third kappa shape index (κ3) is 3.59. The maximum Gasteiger partial charge on any atom is 0.338 e. The Kier molecular flexibility index (Phi) is 4.63. The molecule has 0 aromatic heterocycles. The lowest BCUT2D eigenvalue weighted by atomic mass is 10.2. The summed E-state index contributed by atoms with van der Waals surface area (Å²) in [4.78, 5) is 11.5. The monoisotopic (exact) mass is 210 g/mol. The van der Waals surface area contributed by atoms with Gasteiger partial charge in [0.05, 0.1) is 19.3 Å². The first-order valence-electron chi connectivity index (χ1n) is 4.58. The van der Waals surface area contributed by atoms with E-state index in [2.05, 4.69) is 0 Å². The van der Waals surface area contributed by atoms with Gasteiger partial charge in [0.1, 0.15) is 12.4 Å². The number of rotatable bonds is 5. The topological polar surface area (TPSA) is 44.8 Å². The van der Waals surface area contributed by atoms with Crippen LogP contribution in [0, 0.1) is 0 Å². The van der Waals surface area contributed by atoms with Gasteiger partial charge >= 0.3 is 5.97 Å². The molecule has 1 rings (SSSR count). The average Bonchev–Trinajstić information content (AvgIpc) is 2.29. The van der Waals surface area contributed by atoms with Crippen LogP contribution in [0.1, 0.15) is 10.4 Å². The van der Waals surface area contributed by atoms with E-state index in [0.717, 1.165) is 0 Å². The minimum atomic E-state index is -0.369. The van der Waals surface area contributed by atoms with E-state index in [0.29, 0.717) is 17.9 Å². The second-order valence-electron chi connectivity index (χ2n) is 2.86. The highest BCUT2D eigenvalue weighted by atomic mass is 16.6. The SMILES string of the molecule is COCCOC(=O)c1cccc(OC)c1. The lowest BCUT2D eigenvalue weighted by Crippen LogP contribution is -2.09. The normalized spacial score (nSPS) is 9.73. The van der Waals surface area contributed by atoms with E-state index in [-0.39, 0.29) is 12.6 Å². The molecule has 0 bridgehead atoms. The van der Waals surface area contributed by atoms with Gasteiger partial charge in [-0.15, -0.1) is 0 Å². The smallest absolute Gasteiger partial charge is 0.338 e. The summed E-state index contributed by atoms with van der Waals surface area (Å²) in [6, 6.07) is 6.82.